The summed E-state index contributed by atoms with van der Waals surface area (Å²) in [5, 5.41) is 0. The van der Waals surface area contributed by atoms with Crippen molar-refractivity contribution in [3.8, 4) is 45.8 Å². The maximum atomic E-state index is 4.86. The highest BCUT2D eigenvalue weighted by Crippen LogP contribution is 2.34. The van der Waals surface area contributed by atoms with E-state index in [-0.39, 0.29) is 0 Å². The fraction of sp³-hybridized carbons (Fsp3) is 0. The molecule has 2 aliphatic rings. The Labute approximate surface area is 221 Å². The van der Waals surface area contributed by atoms with Gasteiger partial charge in [-0.15, -0.1) is 0 Å². The molecule has 14 heteroatoms. The van der Waals surface area contributed by atoms with Crippen LogP contribution in [0.15, 0.2) is 61.4 Å². The lowest BCUT2D eigenvalue weighted by atomic mass is 10.1. The molecule has 0 atom stereocenters. The monoisotopic (exact) mass is 520 g/mol. The van der Waals surface area contributed by atoms with Crippen molar-refractivity contribution in [1.82, 2.24) is 69.8 Å². The number of rotatable bonds is 0. The van der Waals surface area contributed by atoms with Crippen LogP contribution in [0, 0.1) is 0 Å². The van der Waals surface area contributed by atoms with Gasteiger partial charge in [-0.1, -0.05) is 24.3 Å². The van der Waals surface area contributed by atoms with E-state index in [4.69, 9.17) is 24.9 Å². The molecule has 1 aromatic carbocycles. The Morgan fingerprint density at radius 2 is 0.725 bits per heavy atom. The van der Waals surface area contributed by atoms with Gasteiger partial charge in [0.2, 0.25) is 0 Å². The van der Waals surface area contributed by atoms with Crippen molar-refractivity contribution in [3.05, 3.63) is 61.4 Å². The lowest BCUT2D eigenvalue weighted by Crippen LogP contribution is -1.88. The molecule has 2 N–H and O–H groups in total. The zero-order valence-electron chi connectivity index (χ0n) is 20.1. The average molecular weight is 520 g/mol. The van der Waals surface area contributed by atoms with Gasteiger partial charge in [0.25, 0.3) is 0 Å². The zero-order chi connectivity index (χ0) is 26.2. The number of H-pyrrole nitrogens is 2. The molecule has 6 aromatic heterocycles. The summed E-state index contributed by atoms with van der Waals surface area (Å²) in [6.07, 6.45) is 9.57. The average Bonchev–Trinajstić information content (AvgIpc) is 3.73. The molecule has 186 valence electrons. The zero-order valence-corrected chi connectivity index (χ0v) is 20.1. The predicted molar refractivity (Wildman–Crippen MR) is 143 cm³/mol. The van der Waals surface area contributed by atoms with Crippen LogP contribution in [0.3, 0.4) is 0 Å². The van der Waals surface area contributed by atoms with Crippen LogP contribution >= 0.6 is 0 Å². The van der Waals surface area contributed by atoms with Crippen molar-refractivity contribution in [2.45, 2.75) is 0 Å². The Kier molecular flexibility index (Phi) is 3.99. The minimum atomic E-state index is 0.320. The number of aromatic nitrogens is 14. The van der Waals surface area contributed by atoms with Crippen LogP contribution in [0.25, 0.3) is 90.5 Å². The first-order valence-corrected chi connectivity index (χ1v) is 12.2. The van der Waals surface area contributed by atoms with Gasteiger partial charge in [0, 0.05) is 48.3 Å². The van der Waals surface area contributed by atoms with E-state index in [2.05, 4.69) is 44.9 Å². The van der Waals surface area contributed by atoms with Gasteiger partial charge in [-0.3, -0.25) is 0 Å². The van der Waals surface area contributed by atoms with Crippen LogP contribution in [-0.4, -0.2) is 69.8 Å². The lowest BCUT2D eigenvalue weighted by molar-refractivity contribution is 1.18. The first kappa shape index (κ1) is 20.8. The number of benzene rings is 1. The molecule has 0 radical (unpaired) electrons. The Morgan fingerprint density at radius 3 is 1.15 bits per heavy atom. The number of fused-ring (bicyclic) bond motifs is 20. The first-order chi connectivity index (χ1) is 19.8. The van der Waals surface area contributed by atoms with E-state index in [1.807, 2.05) is 24.3 Å². The van der Waals surface area contributed by atoms with Crippen LogP contribution in [0.4, 0.5) is 0 Å². The van der Waals surface area contributed by atoms with Crippen molar-refractivity contribution in [2.24, 2.45) is 0 Å². The third kappa shape index (κ3) is 2.92. The molecule has 8 bridgehead atoms. The third-order valence-electron chi connectivity index (χ3n) is 6.59. The van der Waals surface area contributed by atoms with Crippen LogP contribution in [0.5, 0.6) is 0 Å². The normalized spacial score (nSPS) is 12.0. The highest BCUT2D eigenvalue weighted by molar-refractivity contribution is 6.01. The second-order valence-electron chi connectivity index (χ2n) is 8.92. The molecule has 0 fully saturated rings. The summed E-state index contributed by atoms with van der Waals surface area (Å²) >= 11 is 0. The summed E-state index contributed by atoms with van der Waals surface area (Å²) in [7, 11) is 0. The van der Waals surface area contributed by atoms with E-state index in [1.54, 1.807) is 37.2 Å². The maximum absolute atomic E-state index is 4.86. The molecule has 2 aliphatic heterocycles. The van der Waals surface area contributed by atoms with Crippen LogP contribution in [-0.2, 0) is 0 Å². The fourth-order valence-corrected chi connectivity index (χ4v) is 4.87. The molecule has 0 spiro atoms. The molecule has 40 heavy (non-hydrogen) atoms. The molecule has 0 unspecified atom stereocenters. The van der Waals surface area contributed by atoms with Crippen LogP contribution < -0.4 is 0 Å². The number of hydrogen-bond donors (Lipinski definition) is 2. The van der Waals surface area contributed by atoms with Crippen LogP contribution in [0.1, 0.15) is 0 Å². The van der Waals surface area contributed by atoms with E-state index >= 15 is 0 Å². The molecule has 7 aromatic rings. The van der Waals surface area contributed by atoms with Gasteiger partial charge in [0.05, 0.1) is 0 Å². The van der Waals surface area contributed by atoms with Gasteiger partial charge < -0.3 is 9.97 Å². The molecular weight excluding hydrogens is 508 g/mol. The van der Waals surface area contributed by atoms with Gasteiger partial charge in [0.15, 0.2) is 45.9 Å². The molecule has 8 heterocycles. The highest BCUT2D eigenvalue weighted by atomic mass is 15.1. The molecule has 0 saturated carbocycles. The Morgan fingerprint density at radius 1 is 0.375 bits per heavy atom. The smallest absolute Gasteiger partial charge is 0.184 e. The summed E-state index contributed by atoms with van der Waals surface area (Å²) in [6.45, 7) is 0. The molecule has 0 saturated heterocycles. The number of nitrogens with zero attached hydrogens (tertiary/aromatic N) is 12. The standard InChI is InChI=1S/C26H12N14/c1-2-4-12-11(3-1)19-33-20(12)35-22-14-16(30-8-6-28-14)24(37-22)39-26-18-17(31-9-10-32-18)25(40-26)38-23-15-13(21(34-19)36-23)27-5-7-29-15/h1-10H,(H2,33,34,35,36,37,38,39,40). The largest absolute Gasteiger partial charge is 0.321 e. The number of nitrogens with one attached hydrogen (secondary N) is 2. The quantitative estimate of drug-likeness (QED) is 0.298. The molecular formula is C26H12N14. The minimum Gasteiger partial charge on any atom is -0.321 e. The number of hydrogen-bond acceptors (Lipinski definition) is 12. The molecule has 0 aliphatic carbocycles. The number of aromatic amines is 2. The van der Waals surface area contributed by atoms with Gasteiger partial charge >= 0.3 is 0 Å². The highest BCUT2D eigenvalue weighted by Gasteiger charge is 2.24. The SMILES string of the molecule is c1ccc2c(c1)-c1nc-2nc2[nH]c(nc3nc(nc4[nH]c(n1)c1nccnc41)-c1nccnc1-3)c1nccnc21. The van der Waals surface area contributed by atoms with E-state index in [0.717, 1.165) is 11.1 Å². The topological polar surface area (TPSA) is 186 Å². The Hall–Kier alpha value is -6.18. The Balaban J connectivity index is 1.51. The van der Waals surface area contributed by atoms with E-state index in [1.165, 1.54) is 0 Å². The summed E-state index contributed by atoms with van der Waals surface area (Å²) < 4.78 is 0. The summed E-state index contributed by atoms with van der Waals surface area (Å²) in [4.78, 5) is 62.3. The van der Waals surface area contributed by atoms with Crippen molar-refractivity contribution < 1.29 is 0 Å². The second kappa shape index (κ2) is 7.67. The van der Waals surface area contributed by atoms with Gasteiger partial charge in [-0.05, 0) is 0 Å². The predicted octanol–water partition coefficient (Wildman–Crippen LogP) is 3.24. The third-order valence-corrected chi connectivity index (χ3v) is 6.59. The van der Waals surface area contributed by atoms with Crippen molar-refractivity contribution in [3.63, 3.8) is 0 Å². The summed E-state index contributed by atoms with van der Waals surface area (Å²) in [5.41, 5.74) is 6.50. The van der Waals surface area contributed by atoms with Crippen molar-refractivity contribution in [2.75, 3.05) is 0 Å². The fourth-order valence-electron chi connectivity index (χ4n) is 4.87. The van der Waals surface area contributed by atoms with Crippen LogP contribution in [0.2, 0.25) is 0 Å². The molecule has 0 amide bonds. The summed E-state index contributed by atoms with van der Waals surface area (Å²) in [5.74, 6) is 1.58. The molecule has 14 nitrogen and oxygen atoms in total. The second-order valence-corrected chi connectivity index (χ2v) is 8.92. The van der Waals surface area contributed by atoms with Crippen molar-refractivity contribution in [1.29, 1.82) is 0 Å². The van der Waals surface area contributed by atoms with Gasteiger partial charge in [-0.25, -0.2) is 59.8 Å². The Bertz CT molecular complexity index is 2040. The van der Waals surface area contributed by atoms with E-state index in [9.17, 15) is 0 Å². The molecule has 9 rings (SSSR count). The summed E-state index contributed by atoms with van der Waals surface area (Å²) in [6, 6.07) is 7.76. The minimum absolute atomic E-state index is 0.320. The lowest BCUT2D eigenvalue weighted by Gasteiger charge is -1.96. The first-order valence-electron chi connectivity index (χ1n) is 12.2. The van der Waals surface area contributed by atoms with Gasteiger partial charge in [-0.2, -0.15) is 0 Å². The van der Waals surface area contributed by atoms with Crippen molar-refractivity contribution >= 4 is 44.7 Å². The van der Waals surface area contributed by atoms with E-state index < -0.39 is 0 Å². The van der Waals surface area contributed by atoms with E-state index in [0.29, 0.717) is 79.3 Å². The van der Waals surface area contributed by atoms with Gasteiger partial charge in [0.1, 0.15) is 33.5 Å². The maximum Gasteiger partial charge on any atom is 0.184 e.